The Morgan fingerprint density at radius 3 is 1.95 bits per heavy atom. The number of likely N-dealkylation sites (N-methyl/N-ethyl adjacent to an activating group) is 1. The number of imide groups is 1. The zero-order valence-corrected chi connectivity index (χ0v) is 24.1. The van der Waals surface area contributed by atoms with Crippen molar-refractivity contribution in [2.75, 3.05) is 13.6 Å². The van der Waals surface area contributed by atoms with E-state index in [0.717, 1.165) is 5.56 Å². The highest BCUT2D eigenvalue weighted by Gasteiger charge is 2.34. The van der Waals surface area contributed by atoms with E-state index in [1.165, 1.54) is 11.9 Å². The molecule has 3 atom stereocenters. The van der Waals surface area contributed by atoms with Crippen molar-refractivity contribution in [1.82, 2.24) is 20.9 Å². The van der Waals surface area contributed by atoms with Crippen molar-refractivity contribution in [2.24, 2.45) is 5.92 Å². The Kier molecular flexibility index (Phi) is 11.3. The van der Waals surface area contributed by atoms with Gasteiger partial charge in [-0.1, -0.05) is 62.7 Å². The molecule has 2 unspecified atom stereocenters. The largest absolute Gasteiger partial charge is 0.357 e. The molecule has 9 nitrogen and oxygen atoms in total. The number of thiol groups is 1. The average molecular weight is 567 g/mol. The Balaban J connectivity index is 1.52. The number of nitrogens with zero attached hydrogens (tertiary/aromatic N) is 1. The van der Waals surface area contributed by atoms with E-state index in [0.29, 0.717) is 43.2 Å². The van der Waals surface area contributed by atoms with E-state index in [2.05, 4.69) is 28.6 Å². The minimum atomic E-state index is -0.830. The van der Waals surface area contributed by atoms with Gasteiger partial charge in [-0.2, -0.15) is 12.6 Å². The van der Waals surface area contributed by atoms with Crippen LogP contribution in [0.5, 0.6) is 0 Å². The minimum absolute atomic E-state index is 0.113. The molecule has 214 valence electrons. The zero-order valence-electron chi connectivity index (χ0n) is 23.2. The molecule has 5 amide bonds. The van der Waals surface area contributed by atoms with Crippen molar-refractivity contribution in [3.05, 3.63) is 71.3 Å². The molecular weight excluding hydrogens is 528 g/mol. The monoisotopic (exact) mass is 566 g/mol. The Labute approximate surface area is 240 Å². The molecule has 0 aliphatic carbocycles. The van der Waals surface area contributed by atoms with Crippen LogP contribution in [0.1, 0.15) is 65.8 Å². The quantitative estimate of drug-likeness (QED) is 0.159. The van der Waals surface area contributed by atoms with Crippen LogP contribution in [0.25, 0.3) is 0 Å². The molecule has 40 heavy (non-hydrogen) atoms. The first-order valence-corrected chi connectivity index (χ1v) is 14.1. The van der Waals surface area contributed by atoms with Crippen LogP contribution in [0.3, 0.4) is 0 Å². The molecule has 0 bridgehead atoms. The predicted octanol–water partition coefficient (Wildman–Crippen LogP) is 2.76. The lowest BCUT2D eigenvalue weighted by Crippen LogP contribution is -2.55. The van der Waals surface area contributed by atoms with Crippen LogP contribution in [-0.4, -0.2) is 65.4 Å². The molecule has 2 aromatic rings. The van der Waals surface area contributed by atoms with Gasteiger partial charge in [0.25, 0.3) is 11.8 Å². The van der Waals surface area contributed by atoms with E-state index < -0.39 is 23.2 Å². The van der Waals surface area contributed by atoms with Crippen LogP contribution in [0, 0.1) is 5.92 Å². The van der Waals surface area contributed by atoms with Gasteiger partial charge in [-0.15, -0.1) is 0 Å². The highest BCUT2D eigenvalue weighted by atomic mass is 32.1. The maximum absolute atomic E-state index is 13.2. The van der Waals surface area contributed by atoms with Gasteiger partial charge < -0.3 is 16.0 Å². The number of nitrogens with one attached hydrogen (secondary N) is 3. The molecule has 1 aliphatic heterocycles. The third kappa shape index (κ3) is 8.17. The van der Waals surface area contributed by atoms with Gasteiger partial charge in [0.1, 0.15) is 12.1 Å². The van der Waals surface area contributed by atoms with Crippen LogP contribution in [0.2, 0.25) is 0 Å². The van der Waals surface area contributed by atoms with Gasteiger partial charge in [-0.3, -0.25) is 28.9 Å². The van der Waals surface area contributed by atoms with Gasteiger partial charge in [0.2, 0.25) is 17.7 Å². The van der Waals surface area contributed by atoms with Crippen molar-refractivity contribution in [2.45, 2.75) is 63.3 Å². The number of carbonyl (C=O) groups excluding carboxylic acids is 5. The first kappa shape index (κ1) is 30.9. The summed E-state index contributed by atoms with van der Waals surface area (Å²) in [6, 6.07) is 14.5. The van der Waals surface area contributed by atoms with Crippen LogP contribution < -0.4 is 16.0 Å². The summed E-state index contributed by atoms with van der Waals surface area (Å²) < 4.78 is 0. The fourth-order valence-electron chi connectivity index (χ4n) is 4.66. The summed E-state index contributed by atoms with van der Waals surface area (Å²) in [5.41, 5.74) is 1.73. The van der Waals surface area contributed by atoms with E-state index >= 15 is 0 Å². The number of carbonyl (C=O) groups is 5. The van der Waals surface area contributed by atoms with E-state index in [-0.39, 0.29) is 36.1 Å². The van der Waals surface area contributed by atoms with Crippen molar-refractivity contribution in [1.29, 1.82) is 0 Å². The normalized spacial score (nSPS) is 14.9. The predicted molar refractivity (Wildman–Crippen MR) is 156 cm³/mol. The number of unbranched alkanes of at least 4 members (excludes halogenated alkanes) is 1. The topological polar surface area (TPSA) is 125 Å². The second kappa shape index (κ2) is 14.6. The Bertz CT molecular complexity index is 1180. The SMILES string of the molecule is CNC(=O)C(Cc1ccccc1)NC(=O)[C@H](CC(C)C)NC(=O)C(S)CCCCN1C(=O)c2ccccc2C1=O. The molecule has 0 fully saturated rings. The Morgan fingerprint density at radius 1 is 0.800 bits per heavy atom. The van der Waals surface area contributed by atoms with Crippen LogP contribution in [0.4, 0.5) is 0 Å². The molecule has 0 saturated heterocycles. The molecule has 0 aromatic heterocycles. The van der Waals surface area contributed by atoms with Gasteiger partial charge in [0, 0.05) is 20.0 Å². The van der Waals surface area contributed by atoms with E-state index in [1.807, 2.05) is 44.2 Å². The molecule has 1 heterocycles. The van der Waals surface area contributed by atoms with E-state index in [1.54, 1.807) is 24.3 Å². The summed E-state index contributed by atoms with van der Waals surface area (Å²) in [4.78, 5) is 64.9. The number of hydrogen-bond acceptors (Lipinski definition) is 6. The van der Waals surface area contributed by atoms with Gasteiger partial charge in [0.05, 0.1) is 16.4 Å². The molecule has 0 spiro atoms. The lowest BCUT2D eigenvalue weighted by molar-refractivity contribution is -0.132. The van der Waals surface area contributed by atoms with Crippen molar-refractivity contribution < 1.29 is 24.0 Å². The molecular formula is C30H38N4O5S. The first-order chi connectivity index (χ1) is 19.1. The summed E-state index contributed by atoms with van der Waals surface area (Å²) >= 11 is 4.45. The standard InChI is InChI=1S/C30H38N4O5S/c1-19(2)17-23(27(36)32-24(26(35)31-3)18-20-11-5-4-6-12-20)33-28(37)25(40)15-9-10-16-34-29(38)21-13-7-8-14-22(21)30(34)39/h4-8,11-14,19,23-25,40H,9-10,15-18H2,1-3H3,(H,31,35)(H,32,36)(H,33,37)/t23-,24?,25?/m0/s1. The van der Waals surface area contributed by atoms with Gasteiger partial charge in [0.15, 0.2) is 0 Å². The summed E-state index contributed by atoms with van der Waals surface area (Å²) in [7, 11) is 1.51. The summed E-state index contributed by atoms with van der Waals surface area (Å²) in [6.45, 7) is 4.16. The number of benzene rings is 2. The smallest absolute Gasteiger partial charge is 0.261 e. The second-order valence-electron chi connectivity index (χ2n) is 10.4. The van der Waals surface area contributed by atoms with E-state index in [4.69, 9.17) is 0 Å². The third-order valence-corrected chi connectivity index (χ3v) is 7.28. The number of hydrogen-bond donors (Lipinski definition) is 4. The van der Waals surface area contributed by atoms with Crippen molar-refractivity contribution in [3.63, 3.8) is 0 Å². The van der Waals surface area contributed by atoms with Crippen LogP contribution in [0.15, 0.2) is 54.6 Å². The molecule has 2 aromatic carbocycles. The minimum Gasteiger partial charge on any atom is -0.357 e. The summed E-state index contributed by atoms with van der Waals surface area (Å²) in [6.07, 6.45) is 2.20. The van der Waals surface area contributed by atoms with Crippen molar-refractivity contribution >= 4 is 42.2 Å². The van der Waals surface area contributed by atoms with Crippen LogP contribution >= 0.6 is 12.6 Å². The second-order valence-corrected chi connectivity index (χ2v) is 11.0. The molecule has 3 N–H and O–H groups in total. The number of fused-ring (bicyclic) bond motifs is 1. The summed E-state index contributed by atoms with van der Waals surface area (Å²) in [5, 5.41) is 7.52. The number of rotatable bonds is 14. The van der Waals surface area contributed by atoms with Crippen molar-refractivity contribution in [3.8, 4) is 0 Å². The maximum Gasteiger partial charge on any atom is 0.261 e. The highest BCUT2D eigenvalue weighted by Crippen LogP contribution is 2.23. The van der Waals surface area contributed by atoms with Gasteiger partial charge in [-0.05, 0) is 42.9 Å². The van der Waals surface area contributed by atoms with E-state index in [9.17, 15) is 24.0 Å². The van der Waals surface area contributed by atoms with Crippen LogP contribution in [-0.2, 0) is 20.8 Å². The maximum atomic E-state index is 13.2. The first-order valence-electron chi connectivity index (χ1n) is 13.6. The molecule has 3 rings (SSSR count). The fraction of sp³-hybridized carbons (Fsp3) is 0.433. The van der Waals surface area contributed by atoms with Gasteiger partial charge >= 0.3 is 0 Å². The number of amides is 5. The summed E-state index contributed by atoms with van der Waals surface area (Å²) in [5.74, 6) is -1.63. The Morgan fingerprint density at radius 2 is 1.38 bits per heavy atom. The van der Waals surface area contributed by atoms with Gasteiger partial charge in [-0.25, -0.2) is 0 Å². The lowest BCUT2D eigenvalue weighted by Gasteiger charge is -2.25. The molecule has 1 aliphatic rings. The molecule has 0 saturated carbocycles. The Hall–Kier alpha value is -3.66. The fourth-order valence-corrected chi connectivity index (χ4v) is 4.91. The average Bonchev–Trinajstić information content (AvgIpc) is 3.19. The third-order valence-electron chi connectivity index (χ3n) is 6.79. The highest BCUT2D eigenvalue weighted by molar-refractivity contribution is 7.81. The molecule has 10 heteroatoms. The molecule has 0 radical (unpaired) electrons. The zero-order chi connectivity index (χ0) is 29.2. The lowest BCUT2D eigenvalue weighted by atomic mass is 10.0.